The van der Waals surface area contributed by atoms with E-state index in [-0.39, 0.29) is 0 Å². The molecule has 0 atom stereocenters. The van der Waals surface area contributed by atoms with Gasteiger partial charge in [-0.3, -0.25) is 0 Å². The Kier molecular flexibility index (Phi) is 5.20. The number of nitrogens with zero attached hydrogens (tertiary/aromatic N) is 5. The lowest BCUT2D eigenvalue weighted by atomic mass is 10.1. The summed E-state index contributed by atoms with van der Waals surface area (Å²) in [5, 5.41) is 0. The second-order valence-electron chi connectivity index (χ2n) is 6.34. The van der Waals surface area contributed by atoms with Crippen LogP contribution in [-0.2, 0) is 0 Å². The van der Waals surface area contributed by atoms with E-state index in [4.69, 9.17) is 0 Å². The molecule has 5 heteroatoms. The van der Waals surface area contributed by atoms with Gasteiger partial charge in [0, 0.05) is 76.5 Å². The summed E-state index contributed by atoms with van der Waals surface area (Å²) in [7, 11) is 20.8. The van der Waals surface area contributed by atoms with Crippen molar-refractivity contribution in [3.63, 3.8) is 0 Å². The molecule has 0 N–H and O–H groups in total. The van der Waals surface area contributed by atoms with Crippen LogP contribution in [0.4, 0.5) is 28.4 Å². The maximum absolute atomic E-state index is 3.58. The van der Waals surface area contributed by atoms with Gasteiger partial charge in [0.25, 0.3) is 0 Å². The third kappa shape index (κ3) is 3.28. The summed E-state index contributed by atoms with van der Waals surface area (Å²) in [4.78, 5) is 10.7. The van der Waals surface area contributed by atoms with E-state index in [1.807, 2.05) is 0 Å². The topological polar surface area (TPSA) is 16.2 Å². The number of hydrogen-bond donors (Lipinski definition) is 0. The van der Waals surface area contributed by atoms with E-state index in [0.29, 0.717) is 0 Å². The van der Waals surface area contributed by atoms with Crippen molar-refractivity contribution in [1.29, 1.82) is 0 Å². The summed E-state index contributed by atoms with van der Waals surface area (Å²) in [6, 6.07) is 3.58. The first kappa shape index (κ1) is 17.3. The third-order valence-corrected chi connectivity index (χ3v) is 3.37. The monoisotopic (exact) mass is 292 g/mol. The van der Waals surface area contributed by atoms with Crippen LogP contribution in [0, 0.1) is 6.07 Å². The molecule has 0 aromatic heterocycles. The Morgan fingerprint density at radius 2 is 0.714 bits per heavy atom. The number of hydrogen-bond acceptors (Lipinski definition) is 5. The Morgan fingerprint density at radius 3 is 0.905 bits per heavy atom. The van der Waals surface area contributed by atoms with Gasteiger partial charge in [-0.05, 0) is 0 Å². The minimum Gasteiger partial charge on any atom is -0.375 e. The van der Waals surface area contributed by atoms with Crippen molar-refractivity contribution in [1.82, 2.24) is 0 Å². The Morgan fingerprint density at radius 1 is 0.429 bits per heavy atom. The Hall–Kier alpha value is -1.78. The zero-order valence-electron chi connectivity index (χ0n) is 15.2. The molecule has 0 bridgehead atoms. The van der Waals surface area contributed by atoms with Crippen LogP contribution < -0.4 is 24.5 Å². The molecule has 0 saturated heterocycles. The van der Waals surface area contributed by atoms with Crippen molar-refractivity contribution in [2.75, 3.05) is 95.0 Å². The zero-order chi connectivity index (χ0) is 16.5. The first-order valence-corrected chi connectivity index (χ1v) is 7.09. The molecular weight excluding hydrogens is 262 g/mol. The highest BCUT2D eigenvalue weighted by molar-refractivity contribution is 5.99. The summed E-state index contributed by atoms with van der Waals surface area (Å²) >= 11 is 0. The van der Waals surface area contributed by atoms with E-state index in [2.05, 4.69) is 101 Å². The van der Waals surface area contributed by atoms with Crippen LogP contribution in [0.3, 0.4) is 0 Å². The molecule has 21 heavy (non-hydrogen) atoms. The molecule has 1 aromatic rings. The predicted molar refractivity (Wildman–Crippen MR) is 96.9 cm³/mol. The van der Waals surface area contributed by atoms with E-state index in [1.54, 1.807) is 0 Å². The van der Waals surface area contributed by atoms with Crippen LogP contribution in [0.15, 0.2) is 0 Å². The van der Waals surface area contributed by atoms with Gasteiger partial charge in [-0.25, -0.2) is 0 Å². The smallest absolute Gasteiger partial charge is 0.0879 e. The molecule has 0 heterocycles. The van der Waals surface area contributed by atoms with Crippen LogP contribution >= 0.6 is 0 Å². The molecule has 0 saturated carbocycles. The zero-order valence-corrected chi connectivity index (χ0v) is 15.2. The molecule has 5 nitrogen and oxygen atoms in total. The van der Waals surface area contributed by atoms with Crippen molar-refractivity contribution in [2.45, 2.75) is 0 Å². The Labute approximate surface area is 130 Å². The molecule has 0 amide bonds. The van der Waals surface area contributed by atoms with Crippen LogP contribution in [0.5, 0.6) is 0 Å². The summed E-state index contributed by atoms with van der Waals surface area (Å²) in [5.74, 6) is 0. The predicted octanol–water partition coefficient (Wildman–Crippen LogP) is 1.82. The summed E-state index contributed by atoms with van der Waals surface area (Å²) in [6.07, 6.45) is 0. The van der Waals surface area contributed by atoms with Crippen molar-refractivity contribution in [3.05, 3.63) is 6.07 Å². The van der Waals surface area contributed by atoms with Crippen LogP contribution in [-0.4, -0.2) is 70.5 Å². The largest absolute Gasteiger partial charge is 0.375 e. The molecular formula is C16H30N5. The van der Waals surface area contributed by atoms with E-state index in [0.717, 1.165) is 11.4 Å². The molecule has 0 unspecified atom stereocenters. The molecule has 1 rings (SSSR count). The van der Waals surface area contributed by atoms with Gasteiger partial charge in [0.1, 0.15) is 0 Å². The summed E-state index contributed by atoms with van der Waals surface area (Å²) < 4.78 is 0. The number of anilines is 5. The lowest BCUT2D eigenvalue weighted by molar-refractivity contribution is 1.01. The van der Waals surface area contributed by atoms with Crippen molar-refractivity contribution >= 4 is 28.4 Å². The fraction of sp³-hybridized carbons (Fsp3) is 0.625. The maximum atomic E-state index is 3.58. The summed E-state index contributed by atoms with van der Waals surface area (Å²) in [6.45, 7) is 0. The van der Waals surface area contributed by atoms with Gasteiger partial charge >= 0.3 is 0 Å². The van der Waals surface area contributed by atoms with Gasteiger partial charge in [-0.15, -0.1) is 0 Å². The van der Waals surface area contributed by atoms with Crippen LogP contribution in [0.1, 0.15) is 0 Å². The van der Waals surface area contributed by atoms with Crippen LogP contribution in [0.2, 0.25) is 0 Å². The van der Waals surface area contributed by atoms with E-state index in [9.17, 15) is 0 Å². The van der Waals surface area contributed by atoms with Gasteiger partial charge in [0.05, 0.1) is 28.4 Å². The first-order valence-electron chi connectivity index (χ1n) is 7.09. The molecule has 0 aliphatic heterocycles. The van der Waals surface area contributed by atoms with Crippen molar-refractivity contribution in [3.8, 4) is 0 Å². The molecule has 0 spiro atoms. The molecule has 119 valence electrons. The van der Waals surface area contributed by atoms with E-state index >= 15 is 0 Å². The minimum absolute atomic E-state index is 1.10. The lowest BCUT2D eigenvalue weighted by Crippen LogP contribution is -2.26. The number of rotatable bonds is 5. The molecule has 0 aliphatic rings. The highest BCUT2D eigenvalue weighted by atomic mass is 15.2. The normalized spacial score (nSPS) is 10.4. The maximum Gasteiger partial charge on any atom is 0.0879 e. The molecule has 1 aromatic carbocycles. The molecule has 0 aliphatic carbocycles. The van der Waals surface area contributed by atoms with Gasteiger partial charge in [0.15, 0.2) is 0 Å². The van der Waals surface area contributed by atoms with Gasteiger partial charge < -0.3 is 24.5 Å². The highest BCUT2D eigenvalue weighted by Crippen LogP contribution is 2.48. The highest BCUT2D eigenvalue weighted by Gasteiger charge is 2.24. The van der Waals surface area contributed by atoms with E-state index in [1.165, 1.54) is 17.1 Å². The van der Waals surface area contributed by atoms with Crippen molar-refractivity contribution in [2.24, 2.45) is 0 Å². The Bertz CT molecular complexity index is 452. The fourth-order valence-electron chi connectivity index (χ4n) is 2.49. The summed E-state index contributed by atoms with van der Waals surface area (Å²) in [5.41, 5.74) is 5.76. The second-order valence-corrected chi connectivity index (χ2v) is 6.34. The second kappa shape index (κ2) is 6.33. The molecule has 0 fully saturated rings. The average molecular weight is 292 g/mol. The Balaban J connectivity index is 3.89. The SMILES string of the molecule is CN(C)c1[c]c(N(C)C)c(N(C)C)c(N(C)C)c1N(C)C. The van der Waals surface area contributed by atoms with Gasteiger partial charge in [-0.2, -0.15) is 0 Å². The number of benzene rings is 1. The quantitative estimate of drug-likeness (QED) is 0.820. The standard InChI is InChI=1S/C16H30N5/c1-17(2)12-11-13(18(3)4)15(20(7)8)16(21(9)10)14(12)19(5)6/h1-10H3. The van der Waals surface area contributed by atoms with E-state index < -0.39 is 0 Å². The average Bonchev–Trinajstić information content (AvgIpc) is 2.34. The fourth-order valence-corrected chi connectivity index (χ4v) is 2.49. The first-order chi connectivity index (χ1) is 9.59. The molecule has 1 radical (unpaired) electrons. The minimum atomic E-state index is 1.10. The lowest BCUT2D eigenvalue weighted by Gasteiger charge is -2.35. The third-order valence-electron chi connectivity index (χ3n) is 3.37. The van der Waals surface area contributed by atoms with Gasteiger partial charge in [0.2, 0.25) is 0 Å². The van der Waals surface area contributed by atoms with Gasteiger partial charge in [-0.1, -0.05) is 0 Å². The van der Waals surface area contributed by atoms with Crippen molar-refractivity contribution < 1.29 is 0 Å². The van der Waals surface area contributed by atoms with Crippen LogP contribution in [0.25, 0.3) is 0 Å².